The normalized spacial score (nSPS) is 10.9. The summed E-state index contributed by atoms with van der Waals surface area (Å²) in [5, 5.41) is 14.3. The van der Waals surface area contributed by atoms with Crippen molar-refractivity contribution in [1.82, 2.24) is 4.98 Å². The number of carbonyl (C=O) groups is 1. The van der Waals surface area contributed by atoms with Crippen molar-refractivity contribution in [2.24, 2.45) is 0 Å². The Hall–Kier alpha value is -4.21. The minimum absolute atomic E-state index is 0.0194. The Balaban J connectivity index is 1.62. The molecule has 4 aromatic rings. The van der Waals surface area contributed by atoms with Crippen molar-refractivity contribution in [2.45, 2.75) is 0 Å². The van der Waals surface area contributed by atoms with Gasteiger partial charge in [-0.05, 0) is 48.0 Å². The number of thiazole rings is 1. The molecule has 1 amide bonds. The molecule has 1 aromatic heterocycles. The zero-order chi connectivity index (χ0) is 21.5. The van der Waals surface area contributed by atoms with E-state index in [1.807, 2.05) is 66.7 Å². The highest BCUT2D eigenvalue weighted by molar-refractivity contribution is 7.13. The fourth-order valence-corrected chi connectivity index (χ4v) is 3.61. The number of carbonyl (C=O) groups excluding carboxylic acids is 1. The first-order valence-corrected chi connectivity index (χ1v) is 10.5. The number of para-hydroxylation sites is 2. The van der Waals surface area contributed by atoms with Crippen LogP contribution < -0.4 is 10.2 Å². The molecule has 6 heteroatoms. The summed E-state index contributed by atoms with van der Waals surface area (Å²) in [6.07, 6.45) is 3.17. The standard InChI is InChI=1S/C25H18N4OS/c26-18-20(24(30)28-25-27-15-16-31-25)17-19-11-13-23(14-12-19)29(21-7-3-1-4-8-21)22-9-5-2-6-10-22/h1-17H,(H,27,28,30)/b20-17-. The van der Waals surface area contributed by atoms with Crippen molar-refractivity contribution in [2.75, 3.05) is 10.2 Å². The summed E-state index contributed by atoms with van der Waals surface area (Å²) in [6.45, 7) is 0. The quantitative estimate of drug-likeness (QED) is 0.298. The lowest BCUT2D eigenvalue weighted by atomic mass is 10.1. The van der Waals surface area contributed by atoms with Gasteiger partial charge in [-0.25, -0.2) is 4.98 Å². The summed E-state index contributed by atoms with van der Waals surface area (Å²) in [7, 11) is 0. The molecule has 5 nitrogen and oxygen atoms in total. The predicted octanol–water partition coefficient (Wildman–Crippen LogP) is 6.16. The van der Waals surface area contributed by atoms with Gasteiger partial charge >= 0.3 is 0 Å². The van der Waals surface area contributed by atoms with Crippen LogP contribution in [-0.2, 0) is 4.79 Å². The number of nitriles is 1. The van der Waals surface area contributed by atoms with E-state index in [9.17, 15) is 10.1 Å². The molecule has 31 heavy (non-hydrogen) atoms. The van der Waals surface area contributed by atoms with Crippen LogP contribution in [0.15, 0.2) is 102 Å². The van der Waals surface area contributed by atoms with E-state index in [1.165, 1.54) is 11.3 Å². The van der Waals surface area contributed by atoms with Gasteiger partial charge in [-0.15, -0.1) is 11.3 Å². The average molecular weight is 423 g/mol. The second kappa shape index (κ2) is 9.53. The third-order valence-corrected chi connectivity index (χ3v) is 5.20. The van der Waals surface area contributed by atoms with Gasteiger partial charge in [0.1, 0.15) is 11.6 Å². The minimum Gasteiger partial charge on any atom is -0.311 e. The van der Waals surface area contributed by atoms with Gasteiger partial charge in [-0.3, -0.25) is 10.1 Å². The molecule has 0 saturated carbocycles. The maximum atomic E-state index is 12.3. The van der Waals surface area contributed by atoms with Crippen LogP contribution in [0.5, 0.6) is 0 Å². The molecule has 0 aliphatic heterocycles. The Morgan fingerprint density at radius 1 is 0.903 bits per heavy atom. The molecule has 150 valence electrons. The van der Waals surface area contributed by atoms with Gasteiger partial charge in [-0.1, -0.05) is 48.5 Å². The number of hydrogen-bond donors (Lipinski definition) is 1. The Labute approximate surface area is 184 Å². The molecule has 0 aliphatic rings. The summed E-state index contributed by atoms with van der Waals surface area (Å²) < 4.78 is 0. The molecular formula is C25H18N4OS. The molecule has 4 rings (SSSR count). The van der Waals surface area contributed by atoms with Gasteiger partial charge < -0.3 is 4.90 Å². The number of benzene rings is 3. The zero-order valence-electron chi connectivity index (χ0n) is 16.5. The summed E-state index contributed by atoms with van der Waals surface area (Å²) in [5.41, 5.74) is 3.83. The first-order valence-electron chi connectivity index (χ1n) is 9.57. The van der Waals surface area contributed by atoms with E-state index in [0.717, 1.165) is 22.6 Å². The summed E-state index contributed by atoms with van der Waals surface area (Å²) in [4.78, 5) is 18.5. The molecule has 0 fully saturated rings. The van der Waals surface area contributed by atoms with E-state index in [2.05, 4.69) is 39.5 Å². The van der Waals surface area contributed by atoms with Gasteiger partial charge in [0.25, 0.3) is 5.91 Å². The topological polar surface area (TPSA) is 69.0 Å². The number of rotatable bonds is 6. The van der Waals surface area contributed by atoms with Crippen LogP contribution >= 0.6 is 11.3 Å². The maximum Gasteiger partial charge on any atom is 0.268 e. The van der Waals surface area contributed by atoms with E-state index in [4.69, 9.17) is 0 Å². The summed E-state index contributed by atoms with van der Waals surface area (Å²) in [5.74, 6) is -0.475. The van der Waals surface area contributed by atoms with Crippen LogP contribution in [0, 0.1) is 11.3 Å². The number of amides is 1. The van der Waals surface area contributed by atoms with Crippen molar-refractivity contribution in [3.8, 4) is 6.07 Å². The van der Waals surface area contributed by atoms with Crippen molar-refractivity contribution in [3.63, 3.8) is 0 Å². The minimum atomic E-state index is -0.475. The van der Waals surface area contributed by atoms with Gasteiger partial charge in [0.2, 0.25) is 0 Å². The number of aromatic nitrogens is 1. The Kier molecular flexibility index (Phi) is 6.17. The van der Waals surface area contributed by atoms with Gasteiger partial charge in [-0.2, -0.15) is 5.26 Å². The van der Waals surface area contributed by atoms with Crippen LogP contribution in [0.3, 0.4) is 0 Å². The molecule has 0 saturated heterocycles. The third kappa shape index (κ3) is 4.86. The molecular weight excluding hydrogens is 404 g/mol. The highest BCUT2D eigenvalue weighted by Gasteiger charge is 2.13. The number of nitrogens with zero attached hydrogens (tertiary/aromatic N) is 3. The largest absolute Gasteiger partial charge is 0.311 e. The lowest BCUT2D eigenvalue weighted by Gasteiger charge is -2.25. The fourth-order valence-electron chi connectivity index (χ4n) is 3.09. The fraction of sp³-hybridized carbons (Fsp3) is 0. The second-order valence-electron chi connectivity index (χ2n) is 6.56. The highest BCUT2D eigenvalue weighted by atomic mass is 32.1. The van der Waals surface area contributed by atoms with Crippen molar-refractivity contribution in [3.05, 3.63) is 108 Å². The second-order valence-corrected chi connectivity index (χ2v) is 7.45. The highest BCUT2D eigenvalue weighted by Crippen LogP contribution is 2.34. The Morgan fingerprint density at radius 2 is 1.48 bits per heavy atom. The molecule has 1 heterocycles. The van der Waals surface area contributed by atoms with E-state index in [-0.39, 0.29) is 5.57 Å². The zero-order valence-corrected chi connectivity index (χ0v) is 17.3. The van der Waals surface area contributed by atoms with E-state index < -0.39 is 5.91 Å². The maximum absolute atomic E-state index is 12.3. The average Bonchev–Trinajstić information content (AvgIpc) is 3.33. The predicted molar refractivity (Wildman–Crippen MR) is 125 cm³/mol. The smallest absolute Gasteiger partial charge is 0.268 e. The molecule has 3 aromatic carbocycles. The van der Waals surface area contributed by atoms with E-state index in [1.54, 1.807) is 17.7 Å². The van der Waals surface area contributed by atoms with Crippen LogP contribution in [0.25, 0.3) is 6.08 Å². The van der Waals surface area contributed by atoms with Crippen molar-refractivity contribution >= 4 is 45.5 Å². The number of hydrogen-bond acceptors (Lipinski definition) is 5. The molecule has 0 bridgehead atoms. The van der Waals surface area contributed by atoms with Crippen LogP contribution in [0.2, 0.25) is 0 Å². The molecule has 0 spiro atoms. The molecule has 0 radical (unpaired) electrons. The lowest BCUT2D eigenvalue weighted by molar-refractivity contribution is -0.112. The van der Waals surface area contributed by atoms with Crippen LogP contribution in [0.1, 0.15) is 5.56 Å². The number of nitrogens with one attached hydrogen (secondary N) is 1. The first kappa shape index (κ1) is 20.1. The van der Waals surface area contributed by atoms with Crippen molar-refractivity contribution < 1.29 is 4.79 Å². The van der Waals surface area contributed by atoms with E-state index in [0.29, 0.717) is 5.13 Å². The summed E-state index contributed by atoms with van der Waals surface area (Å²) in [6, 6.07) is 29.9. The first-order chi connectivity index (χ1) is 15.2. The SMILES string of the molecule is N#C/C(=C/c1ccc(N(c2ccccc2)c2ccccc2)cc1)C(=O)Nc1nccs1. The Bertz CT molecular complexity index is 1170. The lowest BCUT2D eigenvalue weighted by Crippen LogP contribution is -2.13. The Morgan fingerprint density at radius 3 is 2.00 bits per heavy atom. The molecule has 0 aliphatic carbocycles. The van der Waals surface area contributed by atoms with Crippen LogP contribution in [0.4, 0.5) is 22.2 Å². The molecule has 0 unspecified atom stereocenters. The van der Waals surface area contributed by atoms with Gasteiger partial charge in [0.15, 0.2) is 5.13 Å². The van der Waals surface area contributed by atoms with Gasteiger partial charge in [0.05, 0.1) is 0 Å². The van der Waals surface area contributed by atoms with Crippen molar-refractivity contribution in [1.29, 1.82) is 5.26 Å². The third-order valence-electron chi connectivity index (χ3n) is 4.51. The van der Waals surface area contributed by atoms with Gasteiger partial charge in [0, 0.05) is 28.6 Å². The molecule has 0 atom stereocenters. The molecule has 1 N–H and O–H groups in total. The van der Waals surface area contributed by atoms with Crippen LogP contribution in [-0.4, -0.2) is 10.9 Å². The monoisotopic (exact) mass is 422 g/mol. The van der Waals surface area contributed by atoms with E-state index >= 15 is 0 Å². The summed E-state index contributed by atoms with van der Waals surface area (Å²) >= 11 is 1.30. The number of anilines is 4.